The maximum Gasteiger partial charge on any atom is 0.128 e. The number of ether oxygens (including phenoxy) is 1. The normalized spacial score (nSPS) is 17.7. The van der Waals surface area contributed by atoms with E-state index in [1.165, 1.54) is 44.1 Å². The topological polar surface area (TPSA) is 74.4 Å². The number of hydrogen-bond donors (Lipinski definition) is 2. The number of unbranched alkanes of at least 4 members (excludes halogenated alkanes) is 7. The zero-order valence-corrected chi connectivity index (χ0v) is 32.5. The zero-order valence-electron chi connectivity index (χ0n) is 32.5. The second kappa shape index (κ2) is 18.4. The van der Waals surface area contributed by atoms with Crippen LogP contribution in [-0.4, -0.2) is 41.3 Å². The molecule has 0 spiro atoms. The molecule has 0 saturated heterocycles. The van der Waals surface area contributed by atoms with Crippen LogP contribution in [0.25, 0.3) is 0 Å². The fourth-order valence-electron chi connectivity index (χ4n) is 6.59. The molecule has 2 aromatic carbocycles. The van der Waals surface area contributed by atoms with E-state index in [1.807, 2.05) is 24.6 Å². The molecule has 2 atom stereocenters. The van der Waals surface area contributed by atoms with Crippen molar-refractivity contribution in [1.82, 2.24) is 0 Å². The van der Waals surface area contributed by atoms with Crippen molar-refractivity contribution in [2.45, 2.75) is 174 Å². The van der Waals surface area contributed by atoms with Gasteiger partial charge in [-0.25, -0.2) is 0 Å². The Bertz CT molecular complexity index is 1400. The Morgan fingerprint density at radius 1 is 0.673 bits per heavy atom. The lowest BCUT2D eigenvalue weighted by Gasteiger charge is -2.28. The van der Waals surface area contributed by atoms with Crippen LogP contribution in [0, 0.1) is 0 Å². The van der Waals surface area contributed by atoms with Gasteiger partial charge in [-0.3, -0.25) is 9.98 Å². The average Bonchev–Trinajstić information content (AvgIpc) is 3.01. The summed E-state index contributed by atoms with van der Waals surface area (Å²) in [5.41, 5.74) is 5.15. The number of aromatic hydroxyl groups is 2. The minimum atomic E-state index is -0.221. The van der Waals surface area contributed by atoms with Crippen molar-refractivity contribution in [2.75, 3.05) is 6.61 Å². The predicted molar refractivity (Wildman–Crippen MR) is 210 cm³/mol. The maximum absolute atomic E-state index is 11.4. The summed E-state index contributed by atoms with van der Waals surface area (Å²) in [6, 6.07) is 8.38. The molecule has 1 saturated carbocycles. The number of allylic oxidation sites excluding steroid dienone is 1. The summed E-state index contributed by atoms with van der Waals surface area (Å²) in [4.78, 5) is 10.1. The molecule has 2 N–H and O–H groups in total. The van der Waals surface area contributed by atoms with E-state index in [4.69, 9.17) is 14.7 Å². The van der Waals surface area contributed by atoms with Crippen molar-refractivity contribution in [3.63, 3.8) is 0 Å². The Morgan fingerprint density at radius 3 is 1.67 bits per heavy atom. The molecule has 0 aromatic heterocycles. The molecule has 5 heteroatoms. The Balaban J connectivity index is 1.74. The molecule has 3 rings (SSSR count). The maximum atomic E-state index is 11.4. The van der Waals surface area contributed by atoms with E-state index in [2.05, 4.69) is 87.1 Å². The van der Waals surface area contributed by atoms with Crippen LogP contribution in [-0.2, 0) is 27.6 Å². The Kier molecular flexibility index (Phi) is 15.2. The molecule has 272 valence electrons. The molecular formula is C44H68N2O3. The number of benzene rings is 2. The molecule has 0 unspecified atom stereocenters. The first-order valence-corrected chi connectivity index (χ1v) is 19.0. The molecule has 0 heterocycles. The number of phenolic OH excluding ortho intramolecular Hbond substituents is 2. The molecule has 0 amide bonds. The van der Waals surface area contributed by atoms with Crippen LogP contribution in [0.1, 0.15) is 173 Å². The summed E-state index contributed by atoms with van der Waals surface area (Å²) in [6.07, 6.45) is 19.7. The Hall–Kier alpha value is -2.92. The van der Waals surface area contributed by atoms with E-state index in [9.17, 15) is 10.2 Å². The number of rotatable bonds is 16. The predicted octanol–water partition coefficient (Wildman–Crippen LogP) is 11.7. The van der Waals surface area contributed by atoms with Gasteiger partial charge in [-0.1, -0.05) is 119 Å². The second-order valence-corrected chi connectivity index (χ2v) is 17.4. The lowest BCUT2D eigenvalue weighted by molar-refractivity contribution is 0.116. The highest BCUT2D eigenvalue weighted by Crippen LogP contribution is 2.38. The lowest BCUT2D eigenvalue weighted by Crippen LogP contribution is -2.27. The summed E-state index contributed by atoms with van der Waals surface area (Å²) in [5, 5.41) is 22.7. The summed E-state index contributed by atoms with van der Waals surface area (Å²) in [7, 11) is 0. The van der Waals surface area contributed by atoms with Crippen molar-refractivity contribution in [2.24, 2.45) is 9.98 Å². The van der Waals surface area contributed by atoms with Gasteiger partial charge in [0.2, 0.25) is 0 Å². The van der Waals surface area contributed by atoms with E-state index in [0.717, 1.165) is 72.9 Å². The van der Waals surface area contributed by atoms with Gasteiger partial charge in [-0.15, -0.1) is 6.58 Å². The highest BCUT2D eigenvalue weighted by molar-refractivity contribution is 5.86. The van der Waals surface area contributed by atoms with Crippen molar-refractivity contribution in [3.8, 4) is 11.5 Å². The highest BCUT2D eigenvalue weighted by Gasteiger charge is 2.27. The van der Waals surface area contributed by atoms with E-state index in [-0.39, 0.29) is 28.3 Å². The average molecular weight is 673 g/mol. The summed E-state index contributed by atoms with van der Waals surface area (Å²) in [6.45, 7) is 24.5. The summed E-state index contributed by atoms with van der Waals surface area (Å²) in [5.74, 6) is 0.608. The molecule has 1 aliphatic rings. The van der Waals surface area contributed by atoms with Gasteiger partial charge in [0.1, 0.15) is 11.5 Å². The molecule has 0 radical (unpaired) electrons. The fourth-order valence-corrected chi connectivity index (χ4v) is 6.59. The van der Waals surface area contributed by atoms with Crippen molar-refractivity contribution in [1.29, 1.82) is 0 Å². The molecule has 2 aromatic rings. The number of hydrogen-bond acceptors (Lipinski definition) is 5. The molecule has 5 nitrogen and oxygen atoms in total. The van der Waals surface area contributed by atoms with Crippen molar-refractivity contribution < 1.29 is 14.9 Å². The van der Waals surface area contributed by atoms with Crippen LogP contribution < -0.4 is 0 Å². The standard InChI is InChI=1S/C44H68N2O3/c1-11-12-13-14-15-16-17-18-21-24-49-31-32-25-33(40(47)36(26-32)43(5,6)7)29-45-38-22-19-20-23-39(38)46-30-34-27-35(42(2,3)4)28-37(41(34)48)44(8,9)10/h11,25-30,38-39,47-48H,1,12-24,31H2,2-10H3/t38-,39-/m1/s1. The van der Waals surface area contributed by atoms with Gasteiger partial charge in [0, 0.05) is 41.3 Å². The number of aliphatic imine (C=N–C) groups is 2. The van der Waals surface area contributed by atoms with Crippen LogP contribution in [0.4, 0.5) is 0 Å². The van der Waals surface area contributed by atoms with Crippen molar-refractivity contribution >= 4 is 12.4 Å². The highest BCUT2D eigenvalue weighted by atomic mass is 16.5. The fraction of sp³-hybridized carbons (Fsp3) is 0.636. The van der Waals surface area contributed by atoms with E-state index in [0.29, 0.717) is 18.1 Å². The molecule has 0 aliphatic heterocycles. The first-order chi connectivity index (χ1) is 23.0. The van der Waals surface area contributed by atoms with Gasteiger partial charge >= 0.3 is 0 Å². The minimum Gasteiger partial charge on any atom is -0.507 e. The molecule has 1 aliphatic carbocycles. The largest absolute Gasteiger partial charge is 0.507 e. The lowest BCUT2D eigenvalue weighted by atomic mass is 9.79. The van der Waals surface area contributed by atoms with Crippen molar-refractivity contribution in [3.05, 3.63) is 70.3 Å². The summed E-state index contributed by atoms with van der Waals surface area (Å²) >= 11 is 0. The minimum absolute atomic E-state index is 0.0133. The third-order valence-corrected chi connectivity index (χ3v) is 9.79. The van der Waals surface area contributed by atoms with Crippen LogP contribution in [0.2, 0.25) is 0 Å². The Labute approximate surface area is 299 Å². The SMILES string of the molecule is C=CCCCCCCCCCOCc1cc(C=N[C@@H]2CCCC[C@H]2N=Cc2cc(C(C)(C)C)cc(C(C)(C)C)c2O)c(O)c(C(C)(C)C)c1. The Morgan fingerprint density at radius 2 is 1.16 bits per heavy atom. The van der Waals surface area contributed by atoms with Gasteiger partial charge in [0.15, 0.2) is 0 Å². The van der Waals surface area contributed by atoms with Gasteiger partial charge in [-0.2, -0.15) is 0 Å². The number of phenols is 2. The zero-order chi connectivity index (χ0) is 36.2. The van der Waals surface area contributed by atoms with Crippen LogP contribution >= 0.6 is 0 Å². The van der Waals surface area contributed by atoms with Crippen LogP contribution in [0.5, 0.6) is 11.5 Å². The van der Waals surface area contributed by atoms with E-state index < -0.39 is 0 Å². The molecule has 49 heavy (non-hydrogen) atoms. The van der Waals surface area contributed by atoms with Gasteiger partial charge in [0.25, 0.3) is 0 Å². The van der Waals surface area contributed by atoms with Gasteiger partial charge in [0.05, 0.1) is 18.7 Å². The van der Waals surface area contributed by atoms with Crippen LogP contribution in [0.3, 0.4) is 0 Å². The van der Waals surface area contributed by atoms with E-state index >= 15 is 0 Å². The van der Waals surface area contributed by atoms with Crippen LogP contribution in [0.15, 0.2) is 46.9 Å². The first-order valence-electron chi connectivity index (χ1n) is 19.0. The first kappa shape index (κ1) is 40.5. The third kappa shape index (κ3) is 12.7. The van der Waals surface area contributed by atoms with Gasteiger partial charge < -0.3 is 14.9 Å². The number of nitrogens with zero attached hydrogens (tertiary/aromatic N) is 2. The quantitative estimate of drug-likeness (QED) is 0.106. The molecular weight excluding hydrogens is 604 g/mol. The second-order valence-electron chi connectivity index (χ2n) is 17.4. The summed E-state index contributed by atoms with van der Waals surface area (Å²) < 4.78 is 6.12. The monoisotopic (exact) mass is 673 g/mol. The molecule has 0 bridgehead atoms. The van der Waals surface area contributed by atoms with E-state index in [1.54, 1.807) is 0 Å². The molecule has 1 fully saturated rings. The van der Waals surface area contributed by atoms with Gasteiger partial charge in [-0.05, 0) is 77.7 Å². The smallest absolute Gasteiger partial charge is 0.128 e. The third-order valence-electron chi connectivity index (χ3n) is 9.79.